The molecule has 2 atom stereocenters. The van der Waals surface area contributed by atoms with Gasteiger partial charge in [0.25, 0.3) is 0 Å². The molecule has 0 aromatic heterocycles. The van der Waals surface area contributed by atoms with Crippen LogP contribution in [0, 0.1) is 0 Å². The molecular weight excluding hydrogens is 347 g/mol. The van der Waals surface area contributed by atoms with E-state index in [1.165, 1.54) is 17.8 Å². The highest BCUT2D eigenvalue weighted by Crippen LogP contribution is 2.27. The van der Waals surface area contributed by atoms with Gasteiger partial charge in [-0.05, 0) is 32.0 Å². The van der Waals surface area contributed by atoms with Crippen LogP contribution in [0.2, 0.25) is 10.0 Å². The first-order valence-corrected chi connectivity index (χ1v) is 8.25. The van der Waals surface area contributed by atoms with Gasteiger partial charge in [-0.1, -0.05) is 23.2 Å². The van der Waals surface area contributed by atoms with Gasteiger partial charge in [0.05, 0.1) is 20.5 Å². The van der Waals surface area contributed by atoms with Crippen molar-refractivity contribution in [3.63, 3.8) is 0 Å². The first-order chi connectivity index (χ1) is 10.3. The Hall–Kier alpha value is -1.24. The summed E-state index contributed by atoms with van der Waals surface area (Å²) in [6, 6.07) is 4.65. The van der Waals surface area contributed by atoms with E-state index in [0.29, 0.717) is 15.7 Å². The first kappa shape index (κ1) is 17.1. The molecule has 1 heterocycles. The molecule has 22 heavy (non-hydrogen) atoms. The molecule has 1 saturated heterocycles. The third kappa shape index (κ3) is 3.74. The van der Waals surface area contributed by atoms with Crippen LogP contribution in [0.4, 0.5) is 5.69 Å². The fourth-order valence-electron chi connectivity index (χ4n) is 2.04. The van der Waals surface area contributed by atoms with E-state index >= 15 is 0 Å². The quantitative estimate of drug-likeness (QED) is 0.841. The maximum Gasteiger partial charge on any atom is 0.244 e. The zero-order chi connectivity index (χ0) is 16.4. The average molecular weight is 361 g/mol. The Kier molecular flexibility index (Phi) is 5.36. The molecule has 5 nitrogen and oxygen atoms in total. The molecule has 118 valence electrons. The minimum absolute atomic E-state index is 0.309. The van der Waals surface area contributed by atoms with Crippen LogP contribution in [0.15, 0.2) is 18.2 Å². The molecule has 1 fully saturated rings. The van der Waals surface area contributed by atoms with Gasteiger partial charge in [0.2, 0.25) is 17.7 Å². The van der Waals surface area contributed by atoms with Crippen LogP contribution in [0.5, 0.6) is 0 Å². The van der Waals surface area contributed by atoms with Gasteiger partial charge >= 0.3 is 0 Å². The lowest BCUT2D eigenvalue weighted by Crippen LogP contribution is -2.52. The van der Waals surface area contributed by atoms with Crippen molar-refractivity contribution in [3.05, 3.63) is 28.2 Å². The number of benzene rings is 1. The van der Waals surface area contributed by atoms with Gasteiger partial charge in [-0.15, -0.1) is 11.8 Å². The largest absolute Gasteiger partial charge is 0.324 e. The van der Waals surface area contributed by atoms with Crippen LogP contribution >= 0.6 is 35.0 Å². The van der Waals surface area contributed by atoms with Crippen LogP contribution in [0.25, 0.3) is 0 Å². The predicted octanol–water partition coefficient (Wildman–Crippen LogP) is 2.81. The van der Waals surface area contributed by atoms with Gasteiger partial charge in [-0.3, -0.25) is 19.3 Å². The maximum atomic E-state index is 12.0. The highest BCUT2D eigenvalue weighted by molar-refractivity contribution is 8.02. The summed E-state index contributed by atoms with van der Waals surface area (Å²) >= 11 is 13.0. The molecule has 1 aliphatic rings. The normalized spacial score (nSPS) is 21.9. The number of hydrogen-bond acceptors (Lipinski definition) is 4. The molecule has 8 heteroatoms. The number of rotatable bonds is 3. The molecule has 2 unspecified atom stereocenters. The Balaban J connectivity index is 2.05. The van der Waals surface area contributed by atoms with Crippen LogP contribution in [-0.2, 0) is 14.4 Å². The predicted molar refractivity (Wildman–Crippen MR) is 88.3 cm³/mol. The van der Waals surface area contributed by atoms with Gasteiger partial charge in [0.15, 0.2) is 0 Å². The minimum atomic E-state index is -0.466. The number of carbonyl (C=O) groups excluding carboxylic acids is 3. The molecule has 1 aromatic rings. The summed E-state index contributed by atoms with van der Waals surface area (Å²) in [5, 5.41) is 2.59. The van der Waals surface area contributed by atoms with E-state index in [0.717, 1.165) is 4.90 Å². The number of nitrogens with zero attached hydrogens (tertiary/aromatic N) is 1. The average Bonchev–Trinajstić information content (AvgIpc) is 2.45. The number of carbonyl (C=O) groups is 3. The Labute approximate surface area is 142 Å². The van der Waals surface area contributed by atoms with E-state index in [1.807, 2.05) is 0 Å². The second-order valence-electron chi connectivity index (χ2n) is 4.86. The van der Waals surface area contributed by atoms with Crippen molar-refractivity contribution in [2.75, 3.05) is 11.9 Å². The van der Waals surface area contributed by atoms with Gasteiger partial charge in [-0.2, -0.15) is 0 Å². The number of amides is 3. The SMILES string of the molecule is CC1SC(C)C(=O)N(CC(=O)Nc2ccc(Cl)c(Cl)c2)C1=O. The van der Waals surface area contributed by atoms with Crippen LogP contribution in [-0.4, -0.2) is 39.7 Å². The molecule has 0 saturated carbocycles. The van der Waals surface area contributed by atoms with Crippen LogP contribution in [0.1, 0.15) is 13.8 Å². The molecule has 1 aromatic carbocycles. The van der Waals surface area contributed by atoms with E-state index in [9.17, 15) is 14.4 Å². The fourth-order valence-corrected chi connectivity index (χ4v) is 3.44. The molecule has 1 aliphatic heterocycles. The Bertz CT molecular complexity index is 619. The Morgan fingerprint density at radius 1 is 1.18 bits per heavy atom. The number of anilines is 1. The number of imide groups is 1. The standard InChI is InChI=1S/C14H14Cl2N2O3S/c1-7-13(20)18(14(21)8(2)22-7)6-12(19)17-9-3-4-10(15)11(16)5-9/h3-5,7-8H,6H2,1-2H3,(H,17,19). The van der Waals surface area contributed by atoms with Crippen molar-refractivity contribution < 1.29 is 14.4 Å². The second kappa shape index (κ2) is 6.89. The smallest absolute Gasteiger partial charge is 0.244 e. The number of thioether (sulfide) groups is 1. The van der Waals surface area contributed by atoms with Crippen molar-refractivity contribution in [2.45, 2.75) is 24.3 Å². The van der Waals surface area contributed by atoms with Crippen LogP contribution in [0.3, 0.4) is 0 Å². The lowest BCUT2D eigenvalue weighted by molar-refractivity contribution is -0.147. The summed E-state index contributed by atoms with van der Waals surface area (Å²) in [5.74, 6) is -1.17. The van der Waals surface area contributed by atoms with Gasteiger partial charge in [0, 0.05) is 5.69 Å². The lowest BCUT2D eigenvalue weighted by Gasteiger charge is -2.31. The Morgan fingerprint density at radius 3 is 2.32 bits per heavy atom. The molecular formula is C14H14Cl2N2O3S. The summed E-state index contributed by atoms with van der Waals surface area (Å²) in [5.41, 5.74) is 0.451. The third-order valence-electron chi connectivity index (χ3n) is 3.14. The van der Waals surface area contributed by atoms with Crippen molar-refractivity contribution >= 4 is 58.4 Å². The highest BCUT2D eigenvalue weighted by atomic mass is 35.5. The number of halogens is 2. The number of nitrogens with one attached hydrogen (secondary N) is 1. The summed E-state index contributed by atoms with van der Waals surface area (Å²) < 4.78 is 0. The van der Waals surface area contributed by atoms with E-state index in [-0.39, 0.29) is 28.9 Å². The monoisotopic (exact) mass is 360 g/mol. The molecule has 0 bridgehead atoms. The molecule has 0 aliphatic carbocycles. The summed E-state index contributed by atoms with van der Waals surface area (Å²) in [4.78, 5) is 37.1. The van der Waals surface area contributed by atoms with Crippen molar-refractivity contribution in [1.29, 1.82) is 0 Å². The van der Waals surface area contributed by atoms with Crippen molar-refractivity contribution in [1.82, 2.24) is 4.90 Å². The molecule has 1 N–H and O–H groups in total. The molecule has 0 radical (unpaired) electrons. The number of hydrogen-bond donors (Lipinski definition) is 1. The van der Waals surface area contributed by atoms with E-state index in [2.05, 4.69) is 5.32 Å². The van der Waals surface area contributed by atoms with Crippen molar-refractivity contribution in [3.8, 4) is 0 Å². The summed E-state index contributed by atoms with van der Waals surface area (Å²) in [7, 11) is 0. The molecule has 2 rings (SSSR count). The fraction of sp³-hybridized carbons (Fsp3) is 0.357. The topological polar surface area (TPSA) is 66.5 Å². The van der Waals surface area contributed by atoms with E-state index in [4.69, 9.17) is 23.2 Å². The van der Waals surface area contributed by atoms with Gasteiger partial charge in [-0.25, -0.2) is 0 Å². The molecule has 3 amide bonds. The van der Waals surface area contributed by atoms with Gasteiger partial charge in [0.1, 0.15) is 6.54 Å². The van der Waals surface area contributed by atoms with Crippen LogP contribution < -0.4 is 5.32 Å². The second-order valence-corrected chi connectivity index (χ2v) is 7.36. The van der Waals surface area contributed by atoms with Crippen molar-refractivity contribution in [2.24, 2.45) is 0 Å². The first-order valence-electron chi connectivity index (χ1n) is 6.55. The lowest BCUT2D eigenvalue weighted by atomic mass is 10.3. The summed E-state index contributed by atoms with van der Waals surface area (Å²) in [6.07, 6.45) is 0. The summed E-state index contributed by atoms with van der Waals surface area (Å²) in [6.45, 7) is 3.13. The highest BCUT2D eigenvalue weighted by Gasteiger charge is 2.37. The van der Waals surface area contributed by atoms with E-state index in [1.54, 1.807) is 26.0 Å². The minimum Gasteiger partial charge on any atom is -0.324 e. The van der Waals surface area contributed by atoms with Gasteiger partial charge < -0.3 is 5.32 Å². The zero-order valence-electron chi connectivity index (χ0n) is 11.9. The Morgan fingerprint density at radius 2 is 1.77 bits per heavy atom. The molecule has 0 spiro atoms. The third-order valence-corrected chi connectivity index (χ3v) is 5.10. The van der Waals surface area contributed by atoms with E-state index < -0.39 is 5.91 Å². The maximum absolute atomic E-state index is 12.0. The zero-order valence-corrected chi connectivity index (χ0v) is 14.3.